The summed E-state index contributed by atoms with van der Waals surface area (Å²) in [6.07, 6.45) is -4.96. The SMILES string of the molecule is C=C(C(=O)N[C@@H](C)C(=O)N(C)[C@@H](C)C(=O)N[C@H](C(=O)N(C)[C@H](C(=O)O)[C@@H](C)OC)[C@H](OC(=O)[C@@H](NC(C)=O)[C@H](OP(=O)(O)O)C(C)C)C(C)C)N(C)C(=O)[C@@H](Cc1ccccc1)OC(=O)/C(=C\C)NC(C)=O. The van der Waals surface area contributed by atoms with Crippen molar-refractivity contribution in [2.24, 2.45) is 11.8 Å². The lowest BCUT2D eigenvalue weighted by Gasteiger charge is -2.37. The summed E-state index contributed by atoms with van der Waals surface area (Å²) in [5.41, 5.74) is -0.163. The molecule has 0 aromatic heterocycles. The summed E-state index contributed by atoms with van der Waals surface area (Å²) < 4.78 is 33.3. The first-order valence-electron chi connectivity index (χ1n) is 22.5. The molecule has 0 bridgehead atoms. The number of phosphoric ester groups is 1. The van der Waals surface area contributed by atoms with Gasteiger partial charge in [-0.05, 0) is 45.1 Å². The Bertz CT molecular complexity index is 2230. The van der Waals surface area contributed by atoms with Crippen molar-refractivity contribution in [3.05, 3.63) is 59.9 Å². The van der Waals surface area contributed by atoms with Crippen LogP contribution in [-0.4, -0.2) is 172 Å². The van der Waals surface area contributed by atoms with Crippen molar-refractivity contribution in [1.29, 1.82) is 0 Å². The number of hydrogen-bond acceptors (Lipinski definition) is 15. The number of aliphatic carboxylic acids is 1. The zero-order valence-corrected chi connectivity index (χ0v) is 43.9. The Labute approximate surface area is 418 Å². The molecule has 0 radical (unpaired) electrons. The molecule has 0 aliphatic carbocycles. The molecule has 72 heavy (non-hydrogen) atoms. The number of esters is 2. The smallest absolute Gasteiger partial charge is 0.469 e. The Morgan fingerprint density at radius 2 is 1.31 bits per heavy atom. The van der Waals surface area contributed by atoms with E-state index in [0.717, 1.165) is 28.7 Å². The second-order valence-corrected chi connectivity index (χ2v) is 18.6. The van der Waals surface area contributed by atoms with Crippen molar-refractivity contribution in [1.82, 2.24) is 36.0 Å². The van der Waals surface area contributed by atoms with E-state index in [1.807, 2.05) is 0 Å². The average molecular weight is 1040 g/mol. The lowest BCUT2D eigenvalue weighted by Crippen LogP contribution is -2.63. The van der Waals surface area contributed by atoms with Crippen molar-refractivity contribution >= 4 is 67.1 Å². The Balaban J connectivity index is 3.57. The normalized spacial score (nSPS) is 15.4. The molecular formula is C46H70N7O18P. The minimum atomic E-state index is -5.30. The minimum absolute atomic E-state index is 0.151. The van der Waals surface area contributed by atoms with Crippen LogP contribution in [0.1, 0.15) is 74.8 Å². The van der Waals surface area contributed by atoms with Gasteiger partial charge in [-0.25, -0.2) is 18.9 Å². The highest BCUT2D eigenvalue weighted by Gasteiger charge is 2.45. The molecule has 0 fully saturated rings. The third-order valence-corrected chi connectivity index (χ3v) is 11.6. The number of amides is 7. The predicted octanol–water partition coefficient (Wildman–Crippen LogP) is 0.142. The summed E-state index contributed by atoms with van der Waals surface area (Å²) in [6.45, 7) is 16.9. The maximum absolute atomic E-state index is 14.4. The van der Waals surface area contributed by atoms with Gasteiger partial charge in [0.1, 0.15) is 41.7 Å². The van der Waals surface area contributed by atoms with Gasteiger partial charge >= 0.3 is 25.7 Å². The molecule has 7 N–H and O–H groups in total. The van der Waals surface area contributed by atoms with Gasteiger partial charge in [0.2, 0.25) is 29.5 Å². The highest BCUT2D eigenvalue weighted by Crippen LogP contribution is 2.40. The standard InChI is InChI=1S/C46H70N7O18P/c1-16-32(48-29(10)54)45(63)69-33(22-31-20-18-17-19-21-31)42(59)52(13)26(7)39(56)47-25(6)41(58)51(12)27(8)40(57)50-34(43(60)53(14)36(44(61)62)28(9)68-15)37(23(2)3)70-46(64)35(49-30(11)55)38(24(4)5)71-72(65,66)67/h16-21,23-25,27-28,33-38H,7,22H2,1-6,8-15H3,(H,47,56)(H,48,54)(H,49,55)(H,50,57)(H,61,62)(H2,65,66,67)/b32-16+/t25-,27-,28+,33+,34-,35-,36-,37+,38+/m0/s1. The average Bonchev–Trinajstić information content (AvgIpc) is 3.29. The van der Waals surface area contributed by atoms with Gasteiger partial charge in [-0.15, -0.1) is 0 Å². The maximum Gasteiger partial charge on any atom is 0.469 e. The second-order valence-electron chi connectivity index (χ2n) is 17.4. The third kappa shape index (κ3) is 18.9. The highest BCUT2D eigenvalue weighted by atomic mass is 31.2. The number of ether oxygens (including phenoxy) is 3. The number of allylic oxidation sites excluding steroid dienone is 1. The zero-order valence-electron chi connectivity index (χ0n) is 43.0. The van der Waals surface area contributed by atoms with E-state index in [4.69, 9.17) is 18.7 Å². The van der Waals surface area contributed by atoms with Gasteiger partial charge in [0, 0.05) is 48.5 Å². The Morgan fingerprint density at radius 3 is 1.76 bits per heavy atom. The lowest BCUT2D eigenvalue weighted by molar-refractivity contribution is -0.167. The van der Waals surface area contributed by atoms with Crippen LogP contribution < -0.4 is 21.3 Å². The van der Waals surface area contributed by atoms with Crippen LogP contribution in [0.25, 0.3) is 0 Å². The summed E-state index contributed by atoms with van der Waals surface area (Å²) >= 11 is 0. The number of methoxy groups -OCH3 is 1. The first kappa shape index (κ1) is 63.5. The summed E-state index contributed by atoms with van der Waals surface area (Å²) in [4.78, 5) is 155. The predicted molar refractivity (Wildman–Crippen MR) is 256 cm³/mol. The molecule has 0 aliphatic heterocycles. The first-order chi connectivity index (χ1) is 33.2. The van der Waals surface area contributed by atoms with Crippen LogP contribution in [0.2, 0.25) is 0 Å². The summed E-state index contributed by atoms with van der Waals surface area (Å²) in [6, 6.07) is -0.0103. The number of hydrogen-bond donors (Lipinski definition) is 7. The molecule has 26 heteroatoms. The van der Waals surface area contributed by atoms with Crippen LogP contribution in [0, 0.1) is 11.8 Å². The molecule has 1 rings (SSSR count). The van der Waals surface area contributed by atoms with Gasteiger partial charge in [-0.2, -0.15) is 0 Å². The second kappa shape index (κ2) is 28.5. The van der Waals surface area contributed by atoms with E-state index < -0.39 is 139 Å². The molecule has 1 aromatic rings. The number of carbonyl (C=O) groups is 10. The molecule has 9 atom stereocenters. The molecule has 0 spiro atoms. The molecule has 0 heterocycles. The molecule has 0 saturated heterocycles. The van der Waals surface area contributed by atoms with E-state index >= 15 is 0 Å². The van der Waals surface area contributed by atoms with Gasteiger partial charge in [0.25, 0.3) is 11.8 Å². The molecule has 0 aliphatic rings. The number of nitrogens with zero attached hydrogens (tertiary/aromatic N) is 3. The van der Waals surface area contributed by atoms with E-state index in [1.165, 1.54) is 89.6 Å². The molecule has 0 unspecified atom stereocenters. The van der Waals surface area contributed by atoms with Gasteiger partial charge in [0.15, 0.2) is 18.2 Å². The van der Waals surface area contributed by atoms with Crippen molar-refractivity contribution in [2.45, 2.75) is 130 Å². The summed E-state index contributed by atoms with van der Waals surface area (Å²) in [5.74, 6) is -12.1. The van der Waals surface area contributed by atoms with Crippen LogP contribution in [0.15, 0.2) is 54.4 Å². The fourth-order valence-corrected chi connectivity index (χ4v) is 7.57. The molecule has 7 amide bonds. The fraction of sp³-hybridized carbons (Fsp3) is 0.565. The number of rotatable bonds is 27. The van der Waals surface area contributed by atoms with E-state index in [0.29, 0.717) is 5.56 Å². The Hall–Kier alpha value is -6.53. The third-order valence-electron chi connectivity index (χ3n) is 11.1. The van der Waals surface area contributed by atoms with Crippen molar-refractivity contribution < 1.29 is 86.1 Å². The number of carboxylic acid groups (broad SMARTS) is 1. The van der Waals surface area contributed by atoms with Crippen molar-refractivity contribution in [3.8, 4) is 0 Å². The van der Waals surface area contributed by atoms with Crippen LogP contribution >= 0.6 is 7.82 Å². The van der Waals surface area contributed by atoms with Gasteiger partial charge < -0.3 is 65.1 Å². The number of benzene rings is 1. The minimum Gasteiger partial charge on any atom is -0.480 e. The number of nitrogens with one attached hydrogen (secondary N) is 4. The summed E-state index contributed by atoms with van der Waals surface area (Å²) in [5, 5.41) is 19.5. The summed E-state index contributed by atoms with van der Waals surface area (Å²) in [7, 11) is -0.664. The fourth-order valence-electron chi connectivity index (χ4n) is 6.89. The quantitative estimate of drug-likeness (QED) is 0.0350. The molecular weight excluding hydrogens is 970 g/mol. The van der Waals surface area contributed by atoms with Gasteiger partial charge in [-0.1, -0.05) is 70.7 Å². The molecule has 0 saturated carbocycles. The van der Waals surface area contributed by atoms with Crippen LogP contribution in [0.5, 0.6) is 0 Å². The molecule has 1 aromatic carbocycles. The van der Waals surface area contributed by atoms with E-state index in [2.05, 4.69) is 27.8 Å². The van der Waals surface area contributed by atoms with E-state index in [9.17, 15) is 67.4 Å². The van der Waals surface area contributed by atoms with Crippen molar-refractivity contribution in [2.75, 3.05) is 28.3 Å². The number of likely N-dealkylation sites (N-methyl/N-ethyl adjacent to an activating group) is 3. The van der Waals surface area contributed by atoms with Crippen molar-refractivity contribution in [3.63, 3.8) is 0 Å². The number of phosphoric acid groups is 1. The maximum atomic E-state index is 14.4. The topological polar surface area (TPSA) is 343 Å². The Kier molecular flexibility index (Phi) is 25.1. The van der Waals surface area contributed by atoms with Crippen LogP contribution in [0.3, 0.4) is 0 Å². The van der Waals surface area contributed by atoms with Crippen LogP contribution in [0.4, 0.5) is 0 Å². The van der Waals surface area contributed by atoms with Gasteiger partial charge in [-0.3, -0.25) is 38.1 Å². The van der Waals surface area contributed by atoms with E-state index in [-0.39, 0.29) is 12.1 Å². The largest absolute Gasteiger partial charge is 0.480 e. The first-order valence-corrected chi connectivity index (χ1v) is 24.0. The lowest BCUT2D eigenvalue weighted by atomic mass is 9.95. The van der Waals surface area contributed by atoms with Gasteiger partial charge in [0.05, 0.1) is 6.10 Å². The Morgan fingerprint density at radius 1 is 0.750 bits per heavy atom. The zero-order chi connectivity index (χ0) is 55.7. The van der Waals surface area contributed by atoms with Crippen LogP contribution in [-0.2, 0) is 77.7 Å². The number of carboxylic acids is 1. The monoisotopic (exact) mass is 1040 g/mol. The molecule has 402 valence electrons. The number of carbonyl (C=O) groups excluding carboxylic acids is 9. The highest BCUT2D eigenvalue weighted by molar-refractivity contribution is 7.46. The molecule has 25 nitrogen and oxygen atoms in total. The van der Waals surface area contributed by atoms with E-state index in [1.54, 1.807) is 30.3 Å².